The highest BCUT2D eigenvalue weighted by atomic mass is 16.1. The smallest absolute Gasteiger partial charge is 0.133 e. The van der Waals surface area contributed by atoms with Crippen LogP contribution in [0.4, 0.5) is 0 Å². The molecule has 0 spiro atoms. The molecule has 3 atom stereocenters. The maximum absolute atomic E-state index is 11.0. The fraction of sp³-hybridized carbons (Fsp3) is 0.889. The number of Topliss-reactive ketones (excluding diaryl/α,β-unsaturated/α-hetero) is 1. The second-order valence-corrected chi connectivity index (χ2v) is 3.89. The van der Waals surface area contributed by atoms with Gasteiger partial charge in [0.1, 0.15) is 5.78 Å². The van der Waals surface area contributed by atoms with E-state index in [1.165, 1.54) is 25.7 Å². The molecule has 2 rings (SSSR count). The van der Waals surface area contributed by atoms with Gasteiger partial charge in [0, 0.05) is 5.92 Å². The average Bonchev–Trinajstić information content (AvgIpc) is 2.44. The molecule has 2 bridgehead atoms. The fourth-order valence-electron chi connectivity index (χ4n) is 2.74. The summed E-state index contributed by atoms with van der Waals surface area (Å²) in [5.41, 5.74) is 0. The zero-order chi connectivity index (χ0) is 7.14. The van der Waals surface area contributed by atoms with Crippen LogP contribution in [-0.4, -0.2) is 5.78 Å². The minimum absolute atomic E-state index is 0.437. The van der Waals surface area contributed by atoms with Crippen molar-refractivity contribution in [1.29, 1.82) is 0 Å². The Morgan fingerprint density at radius 1 is 1.30 bits per heavy atom. The average molecular weight is 138 g/mol. The summed E-state index contributed by atoms with van der Waals surface area (Å²) in [6, 6.07) is 0. The maximum Gasteiger partial charge on any atom is 0.133 e. The van der Waals surface area contributed by atoms with Crippen molar-refractivity contribution in [3.8, 4) is 0 Å². The third kappa shape index (κ3) is 0.799. The van der Waals surface area contributed by atoms with Crippen LogP contribution in [0.25, 0.3) is 0 Å². The summed E-state index contributed by atoms with van der Waals surface area (Å²) < 4.78 is 0. The standard InChI is InChI=1S/C9H14O/c1-6(10)9-5-7-2-3-8(9)4-7/h7-9H,2-5H2,1H3/t7-,8+,9?/m1/s1. The molecule has 2 saturated carbocycles. The van der Waals surface area contributed by atoms with E-state index in [9.17, 15) is 4.79 Å². The van der Waals surface area contributed by atoms with Gasteiger partial charge in [0.2, 0.25) is 0 Å². The number of hydrogen-bond donors (Lipinski definition) is 0. The van der Waals surface area contributed by atoms with E-state index in [0.29, 0.717) is 11.7 Å². The lowest BCUT2D eigenvalue weighted by Crippen LogP contribution is -2.17. The van der Waals surface area contributed by atoms with Gasteiger partial charge in [0.15, 0.2) is 0 Å². The van der Waals surface area contributed by atoms with E-state index in [4.69, 9.17) is 0 Å². The lowest BCUT2D eigenvalue weighted by molar-refractivity contribution is -0.122. The minimum Gasteiger partial charge on any atom is -0.300 e. The topological polar surface area (TPSA) is 17.1 Å². The zero-order valence-electron chi connectivity index (χ0n) is 6.47. The quantitative estimate of drug-likeness (QED) is 0.541. The summed E-state index contributed by atoms with van der Waals surface area (Å²) >= 11 is 0. The van der Waals surface area contributed by atoms with Crippen molar-refractivity contribution in [2.75, 3.05) is 0 Å². The van der Waals surface area contributed by atoms with Crippen LogP contribution in [0, 0.1) is 17.8 Å². The summed E-state index contributed by atoms with van der Waals surface area (Å²) in [7, 11) is 0. The molecule has 2 fully saturated rings. The number of ketones is 1. The van der Waals surface area contributed by atoms with Gasteiger partial charge < -0.3 is 0 Å². The van der Waals surface area contributed by atoms with E-state index in [1.807, 2.05) is 0 Å². The largest absolute Gasteiger partial charge is 0.300 e. The van der Waals surface area contributed by atoms with Crippen molar-refractivity contribution < 1.29 is 4.79 Å². The van der Waals surface area contributed by atoms with E-state index in [2.05, 4.69) is 0 Å². The molecule has 1 nitrogen and oxygen atoms in total. The minimum atomic E-state index is 0.437. The van der Waals surface area contributed by atoms with E-state index in [0.717, 1.165) is 11.8 Å². The Kier molecular flexibility index (Phi) is 1.33. The first-order valence-electron chi connectivity index (χ1n) is 4.28. The highest BCUT2D eigenvalue weighted by Gasteiger charge is 2.41. The molecule has 10 heavy (non-hydrogen) atoms. The van der Waals surface area contributed by atoms with Crippen LogP contribution < -0.4 is 0 Å². The molecule has 0 aromatic rings. The summed E-state index contributed by atoms with van der Waals surface area (Å²) in [6.07, 6.45) is 5.29. The lowest BCUT2D eigenvalue weighted by Gasteiger charge is -2.17. The van der Waals surface area contributed by atoms with E-state index in [-0.39, 0.29) is 0 Å². The van der Waals surface area contributed by atoms with Gasteiger partial charge in [-0.15, -0.1) is 0 Å². The molecule has 1 unspecified atom stereocenters. The Morgan fingerprint density at radius 2 is 2.10 bits per heavy atom. The van der Waals surface area contributed by atoms with Crippen LogP contribution in [0.3, 0.4) is 0 Å². The molecule has 2 aliphatic carbocycles. The molecular formula is C9H14O. The SMILES string of the molecule is CC(=O)C1C[C@@H]2CC[C@H]1C2. The van der Waals surface area contributed by atoms with Gasteiger partial charge >= 0.3 is 0 Å². The van der Waals surface area contributed by atoms with Crippen LogP contribution in [0.5, 0.6) is 0 Å². The highest BCUT2D eigenvalue weighted by molar-refractivity contribution is 5.79. The molecule has 0 aromatic heterocycles. The molecule has 0 aromatic carbocycles. The molecule has 56 valence electrons. The van der Waals surface area contributed by atoms with Crippen LogP contribution in [-0.2, 0) is 4.79 Å². The van der Waals surface area contributed by atoms with Gasteiger partial charge in [0.05, 0.1) is 0 Å². The molecule has 0 saturated heterocycles. The normalized spacial score (nSPS) is 44.3. The second-order valence-electron chi connectivity index (χ2n) is 3.89. The monoisotopic (exact) mass is 138 g/mol. The summed E-state index contributed by atoms with van der Waals surface area (Å²) in [6.45, 7) is 1.76. The number of fused-ring (bicyclic) bond motifs is 2. The van der Waals surface area contributed by atoms with Crippen molar-refractivity contribution in [1.82, 2.24) is 0 Å². The Labute approximate surface area is 61.8 Å². The summed E-state index contributed by atoms with van der Waals surface area (Å²) in [4.78, 5) is 11.0. The number of carbonyl (C=O) groups excluding carboxylic acids is 1. The van der Waals surface area contributed by atoms with Gasteiger partial charge in [0.25, 0.3) is 0 Å². The van der Waals surface area contributed by atoms with Crippen molar-refractivity contribution in [3.05, 3.63) is 0 Å². The molecule has 2 aliphatic rings. The second kappa shape index (κ2) is 2.08. The summed E-state index contributed by atoms with van der Waals surface area (Å²) in [5, 5.41) is 0. The van der Waals surface area contributed by atoms with Gasteiger partial charge in [-0.25, -0.2) is 0 Å². The third-order valence-corrected chi connectivity index (χ3v) is 3.26. The zero-order valence-corrected chi connectivity index (χ0v) is 6.47. The first kappa shape index (κ1) is 6.38. The van der Waals surface area contributed by atoms with E-state index in [1.54, 1.807) is 6.92 Å². The predicted molar refractivity (Wildman–Crippen MR) is 39.6 cm³/mol. The third-order valence-electron chi connectivity index (χ3n) is 3.26. The number of carbonyl (C=O) groups is 1. The highest BCUT2D eigenvalue weighted by Crippen LogP contribution is 2.48. The van der Waals surface area contributed by atoms with Gasteiger partial charge in [-0.3, -0.25) is 4.79 Å². The molecule has 0 aliphatic heterocycles. The first-order valence-corrected chi connectivity index (χ1v) is 4.28. The van der Waals surface area contributed by atoms with Gasteiger partial charge in [-0.05, 0) is 38.0 Å². The first-order chi connectivity index (χ1) is 4.77. The Balaban J connectivity index is 2.08. The molecular weight excluding hydrogens is 124 g/mol. The number of hydrogen-bond acceptors (Lipinski definition) is 1. The van der Waals surface area contributed by atoms with Crippen LogP contribution in [0.15, 0.2) is 0 Å². The van der Waals surface area contributed by atoms with Crippen molar-refractivity contribution in [2.45, 2.75) is 32.6 Å². The Hall–Kier alpha value is -0.330. The molecule has 1 heteroatoms. The lowest BCUT2D eigenvalue weighted by atomic mass is 9.86. The molecule has 0 heterocycles. The van der Waals surface area contributed by atoms with Crippen molar-refractivity contribution >= 4 is 5.78 Å². The Morgan fingerprint density at radius 3 is 2.40 bits per heavy atom. The maximum atomic E-state index is 11.0. The molecule has 0 N–H and O–H groups in total. The summed E-state index contributed by atoms with van der Waals surface area (Å²) in [5.74, 6) is 2.59. The van der Waals surface area contributed by atoms with Crippen LogP contribution >= 0.6 is 0 Å². The molecule has 0 amide bonds. The van der Waals surface area contributed by atoms with Crippen LogP contribution in [0.2, 0.25) is 0 Å². The van der Waals surface area contributed by atoms with Crippen molar-refractivity contribution in [3.63, 3.8) is 0 Å². The van der Waals surface area contributed by atoms with Gasteiger partial charge in [-0.2, -0.15) is 0 Å². The fourth-order valence-corrected chi connectivity index (χ4v) is 2.74. The van der Waals surface area contributed by atoms with Crippen molar-refractivity contribution in [2.24, 2.45) is 17.8 Å². The van der Waals surface area contributed by atoms with Crippen LogP contribution in [0.1, 0.15) is 32.6 Å². The molecule has 0 radical (unpaired) electrons. The van der Waals surface area contributed by atoms with E-state index < -0.39 is 0 Å². The van der Waals surface area contributed by atoms with E-state index >= 15 is 0 Å². The number of rotatable bonds is 1. The Bertz CT molecular complexity index is 162. The van der Waals surface area contributed by atoms with Gasteiger partial charge in [-0.1, -0.05) is 6.42 Å². The predicted octanol–water partition coefficient (Wildman–Crippen LogP) is 2.01.